The first kappa shape index (κ1) is 8.55. The summed E-state index contributed by atoms with van der Waals surface area (Å²) in [6, 6.07) is 0. The van der Waals surface area contributed by atoms with Gasteiger partial charge in [-0.05, 0) is 31.1 Å². The minimum absolute atomic E-state index is 0.0240. The van der Waals surface area contributed by atoms with Crippen LogP contribution in [0.25, 0.3) is 0 Å². The highest BCUT2D eigenvalue weighted by Crippen LogP contribution is 2.36. The molecule has 0 aromatic heterocycles. The van der Waals surface area contributed by atoms with Crippen LogP contribution in [-0.4, -0.2) is 11.2 Å². The maximum absolute atomic E-state index is 9.66. The predicted octanol–water partition coefficient (Wildman–Crippen LogP) is 2.73. The fourth-order valence-electron chi connectivity index (χ4n) is 2.07. The third-order valence-electron chi connectivity index (χ3n) is 3.44. The quantitative estimate of drug-likeness (QED) is 0.669. The molecular weight excluding hydrogens is 148 g/mol. The van der Waals surface area contributed by atoms with E-state index in [0.717, 1.165) is 24.7 Å². The Labute approximate surface area is 75.2 Å². The summed E-state index contributed by atoms with van der Waals surface area (Å²) in [5, 5.41) is 9.66. The van der Waals surface area contributed by atoms with Gasteiger partial charge in [0.1, 0.15) is 0 Å². The average Bonchev–Trinajstić information content (AvgIpc) is 2.76. The number of aliphatic hydroxyl groups is 1. The van der Waals surface area contributed by atoms with Crippen LogP contribution in [0.2, 0.25) is 0 Å². The summed E-state index contributed by atoms with van der Waals surface area (Å²) >= 11 is 0. The van der Waals surface area contributed by atoms with E-state index in [1.807, 2.05) is 0 Å². The van der Waals surface area contributed by atoms with Crippen molar-refractivity contribution < 1.29 is 5.11 Å². The van der Waals surface area contributed by atoms with Crippen LogP contribution in [0.4, 0.5) is 0 Å². The van der Waals surface area contributed by atoms with Crippen molar-refractivity contribution in [2.45, 2.75) is 57.5 Å². The van der Waals surface area contributed by atoms with E-state index in [0.29, 0.717) is 0 Å². The van der Waals surface area contributed by atoms with Gasteiger partial charge in [0.15, 0.2) is 0 Å². The van der Waals surface area contributed by atoms with Crippen molar-refractivity contribution in [3.05, 3.63) is 0 Å². The summed E-state index contributed by atoms with van der Waals surface area (Å²) in [5.74, 6) is 1.86. The molecule has 2 fully saturated rings. The molecular formula is C11H20O. The van der Waals surface area contributed by atoms with E-state index in [1.165, 1.54) is 38.5 Å². The number of rotatable bonds is 5. The zero-order valence-electron chi connectivity index (χ0n) is 7.84. The van der Waals surface area contributed by atoms with Crippen molar-refractivity contribution >= 4 is 0 Å². The Morgan fingerprint density at radius 3 is 2.33 bits per heavy atom. The van der Waals surface area contributed by atoms with Gasteiger partial charge in [-0.15, -0.1) is 0 Å². The Hall–Kier alpha value is -0.0400. The minimum atomic E-state index is 0.0240. The molecule has 2 saturated carbocycles. The van der Waals surface area contributed by atoms with Crippen LogP contribution in [0, 0.1) is 11.8 Å². The van der Waals surface area contributed by atoms with Gasteiger partial charge in [0.2, 0.25) is 0 Å². The maximum Gasteiger partial charge on any atom is 0.0543 e. The highest BCUT2D eigenvalue weighted by molar-refractivity contribution is 4.77. The summed E-state index contributed by atoms with van der Waals surface area (Å²) in [6.45, 7) is 0. The summed E-state index contributed by atoms with van der Waals surface area (Å²) in [4.78, 5) is 0. The van der Waals surface area contributed by atoms with Gasteiger partial charge in [0.25, 0.3) is 0 Å². The molecule has 2 aliphatic rings. The first-order valence-electron chi connectivity index (χ1n) is 5.52. The molecule has 70 valence electrons. The van der Waals surface area contributed by atoms with E-state index in [4.69, 9.17) is 0 Å². The van der Waals surface area contributed by atoms with E-state index in [9.17, 15) is 5.11 Å². The van der Waals surface area contributed by atoms with Gasteiger partial charge in [0, 0.05) is 0 Å². The highest BCUT2D eigenvalue weighted by atomic mass is 16.3. The molecule has 1 atom stereocenters. The molecule has 0 radical (unpaired) electrons. The Kier molecular flexibility index (Phi) is 2.69. The lowest BCUT2D eigenvalue weighted by Crippen LogP contribution is -2.19. The molecule has 12 heavy (non-hydrogen) atoms. The molecule has 1 heteroatoms. The molecule has 0 aromatic rings. The lowest BCUT2D eigenvalue weighted by Gasteiger charge is -2.27. The smallest absolute Gasteiger partial charge is 0.0543 e. The molecule has 1 N–H and O–H groups in total. The number of aliphatic hydroxyl groups excluding tert-OH is 1. The van der Waals surface area contributed by atoms with E-state index in [1.54, 1.807) is 0 Å². The van der Waals surface area contributed by atoms with Crippen LogP contribution in [0.15, 0.2) is 0 Å². The fraction of sp³-hybridized carbons (Fsp3) is 1.00. The van der Waals surface area contributed by atoms with Crippen molar-refractivity contribution in [1.29, 1.82) is 0 Å². The lowest BCUT2D eigenvalue weighted by molar-refractivity contribution is 0.106. The molecule has 0 spiro atoms. The first-order valence-corrected chi connectivity index (χ1v) is 5.52. The minimum Gasteiger partial charge on any atom is -0.393 e. The van der Waals surface area contributed by atoms with Gasteiger partial charge in [0.05, 0.1) is 6.10 Å². The van der Waals surface area contributed by atoms with Crippen LogP contribution >= 0.6 is 0 Å². The molecule has 0 heterocycles. The Bertz CT molecular complexity index is 136. The Morgan fingerprint density at radius 1 is 1.08 bits per heavy atom. The first-order chi connectivity index (χ1) is 5.84. The zero-order chi connectivity index (χ0) is 8.39. The van der Waals surface area contributed by atoms with Gasteiger partial charge < -0.3 is 5.11 Å². The summed E-state index contributed by atoms with van der Waals surface area (Å²) in [7, 11) is 0. The molecule has 2 rings (SSSR count). The van der Waals surface area contributed by atoms with Gasteiger partial charge in [-0.2, -0.15) is 0 Å². The van der Waals surface area contributed by atoms with E-state index < -0.39 is 0 Å². The van der Waals surface area contributed by atoms with Crippen LogP contribution in [0.5, 0.6) is 0 Å². The highest BCUT2D eigenvalue weighted by Gasteiger charge is 2.24. The molecule has 1 unspecified atom stereocenters. The summed E-state index contributed by atoms with van der Waals surface area (Å²) in [5.41, 5.74) is 0. The molecule has 0 aromatic carbocycles. The number of hydrogen-bond acceptors (Lipinski definition) is 1. The third kappa shape index (κ3) is 2.48. The van der Waals surface area contributed by atoms with Crippen molar-refractivity contribution in [1.82, 2.24) is 0 Å². The topological polar surface area (TPSA) is 20.2 Å². The Morgan fingerprint density at radius 2 is 1.83 bits per heavy atom. The lowest BCUT2D eigenvalue weighted by atomic mass is 9.81. The van der Waals surface area contributed by atoms with E-state index >= 15 is 0 Å². The number of hydrogen-bond donors (Lipinski definition) is 1. The normalized spacial score (nSPS) is 26.8. The van der Waals surface area contributed by atoms with Gasteiger partial charge in [-0.3, -0.25) is 0 Å². The third-order valence-corrected chi connectivity index (χ3v) is 3.44. The van der Waals surface area contributed by atoms with E-state index in [-0.39, 0.29) is 6.10 Å². The van der Waals surface area contributed by atoms with Crippen molar-refractivity contribution in [2.24, 2.45) is 11.8 Å². The van der Waals surface area contributed by atoms with Gasteiger partial charge in [-0.1, -0.05) is 32.1 Å². The largest absolute Gasteiger partial charge is 0.393 e. The van der Waals surface area contributed by atoms with Crippen LogP contribution in [0.1, 0.15) is 51.4 Å². The Balaban J connectivity index is 1.52. The fourth-order valence-corrected chi connectivity index (χ4v) is 2.07. The van der Waals surface area contributed by atoms with Crippen molar-refractivity contribution in [2.75, 3.05) is 0 Å². The van der Waals surface area contributed by atoms with Crippen LogP contribution in [-0.2, 0) is 0 Å². The summed E-state index contributed by atoms with van der Waals surface area (Å²) < 4.78 is 0. The van der Waals surface area contributed by atoms with Crippen LogP contribution < -0.4 is 0 Å². The maximum atomic E-state index is 9.66. The SMILES string of the molecule is OC(CCC1CC1)CC1CCC1. The monoisotopic (exact) mass is 168 g/mol. The predicted molar refractivity (Wildman–Crippen MR) is 49.9 cm³/mol. The second-order valence-corrected chi connectivity index (χ2v) is 4.71. The second-order valence-electron chi connectivity index (χ2n) is 4.71. The molecule has 0 saturated heterocycles. The standard InChI is InChI=1S/C11H20O/c12-11(7-6-9-4-5-9)8-10-2-1-3-10/h9-12H,1-8H2. The van der Waals surface area contributed by atoms with Crippen molar-refractivity contribution in [3.63, 3.8) is 0 Å². The molecule has 0 amide bonds. The van der Waals surface area contributed by atoms with Crippen LogP contribution in [0.3, 0.4) is 0 Å². The molecule has 2 aliphatic carbocycles. The van der Waals surface area contributed by atoms with Crippen molar-refractivity contribution in [3.8, 4) is 0 Å². The van der Waals surface area contributed by atoms with E-state index in [2.05, 4.69) is 0 Å². The average molecular weight is 168 g/mol. The molecule has 0 aliphatic heterocycles. The van der Waals surface area contributed by atoms with Gasteiger partial charge in [-0.25, -0.2) is 0 Å². The molecule has 1 nitrogen and oxygen atoms in total. The second kappa shape index (κ2) is 3.78. The molecule has 0 bridgehead atoms. The zero-order valence-corrected chi connectivity index (χ0v) is 7.84. The van der Waals surface area contributed by atoms with Gasteiger partial charge >= 0.3 is 0 Å². The summed E-state index contributed by atoms with van der Waals surface area (Å²) in [6.07, 6.45) is 10.5.